The third-order valence-corrected chi connectivity index (χ3v) is 3.49. The zero-order valence-electron chi connectivity index (χ0n) is 12.6. The van der Waals surface area contributed by atoms with Crippen molar-refractivity contribution in [1.82, 2.24) is 0 Å². The van der Waals surface area contributed by atoms with Gasteiger partial charge in [-0.1, -0.05) is 12.1 Å². The Hall–Kier alpha value is -3.61. The van der Waals surface area contributed by atoms with Gasteiger partial charge in [-0.2, -0.15) is 4.39 Å². The predicted molar refractivity (Wildman–Crippen MR) is 86.3 cm³/mol. The van der Waals surface area contributed by atoms with E-state index in [9.17, 15) is 14.0 Å². The molecule has 0 unspecified atom stereocenters. The van der Waals surface area contributed by atoms with Crippen molar-refractivity contribution in [3.05, 3.63) is 71.9 Å². The maximum atomic E-state index is 12.6. The second kappa shape index (κ2) is 6.48. The number of carbonyl (C=O) groups is 2. The molecule has 0 atom stereocenters. The highest BCUT2D eigenvalue weighted by atomic mass is 19.1. The van der Waals surface area contributed by atoms with E-state index in [0.29, 0.717) is 11.0 Å². The van der Waals surface area contributed by atoms with E-state index in [2.05, 4.69) is 4.42 Å². The molecule has 0 saturated heterocycles. The van der Waals surface area contributed by atoms with Gasteiger partial charge in [0.05, 0.1) is 17.4 Å². The summed E-state index contributed by atoms with van der Waals surface area (Å²) in [6.45, 7) is 0. The van der Waals surface area contributed by atoms with Crippen molar-refractivity contribution in [1.29, 1.82) is 0 Å². The van der Waals surface area contributed by atoms with Crippen LogP contribution in [0.15, 0.2) is 63.6 Å². The molecule has 126 valence electrons. The molecule has 25 heavy (non-hydrogen) atoms. The number of halogens is 1. The fourth-order valence-electron chi connectivity index (χ4n) is 2.40. The standard InChI is InChI=1S/C9H5FO3.C9H6O3/c10-8-4-6-5(9(11)12)2-1-3-7(6)13-8;10-9(11)7-2-1-3-8-6(7)4-5-12-8/h1-4H,(H,11,12);1-5H,(H,10,11). The van der Waals surface area contributed by atoms with E-state index in [1.54, 1.807) is 24.3 Å². The number of carboxylic acid groups (broad SMARTS) is 2. The Labute approximate surface area is 139 Å². The van der Waals surface area contributed by atoms with Crippen molar-refractivity contribution < 1.29 is 33.0 Å². The molecule has 0 saturated carbocycles. The zero-order chi connectivity index (χ0) is 18.0. The molecular formula is C18H11FO6. The first-order valence-electron chi connectivity index (χ1n) is 7.08. The van der Waals surface area contributed by atoms with Gasteiger partial charge in [-0.15, -0.1) is 0 Å². The fourth-order valence-corrected chi connectivity index (χ4v) is 2.40. The van der Waals surface area contributed by atoms with Crippen LogP contribution in [-0.2, 0) is 0 Å². The number of hydrogen-bond acceptors (Lipinski definition) is 4. The van der Waals surface area contributed by atoms with Gasteiger partial charge in [0.2, 0.25) is 0 Å². The quantitative estimate of drug-likeness (QED) is 0.560. The first-order chi connectivity index (χ1) is 12.0. The Balaban J connectivity index is 0.000000146. The van der Waals surface area contributed by atoms with E-state index in [1.165, 1.54) is 24.5 Å². The van der Waals surface area contributed by atoms with Crippen LogP contribution in [-0.4, -0.2) is 22.2 Å². The van der Waals surface area contributed by atoms with Gasteiger partial charge in [0.25, 0.3) is 6.01 Å². The van der Waals surface area contributed by atoms with Crippen LogP contribution in [0.2, 0.25) is 0 Å². The third-order valence-electron chi connectivity index (χ3n) is 3.49. The topological polar surface area (TPSA) is 101 Å². The summed E-state index contributed by atoms with van der Waals surface area (Å²) in [5.41, 5.74) is 1.18. The highest BCUT2D eigenvalue weighted by Gasteiger charge is 2.11. The molecule has 4 aromatic rings. The molecular weight excluding hydrogens is 331 g/mol. The van der Waals surface area contributed by atoms with Gasteiger partial charge in [-0.3, -0.25) is 0 Å². The Kier molecular flexibility index (Phi) is 4.21. The van der Waals surface area contributed by atoms with Gasteiger partial charge in [0.1, 0.15) is 11.2 Å². The number of fused-ring (bicyclic) bond motifs is 2. The van der Waals surface area contributed by atoms with E-state index in [0.717, 1.165) is 6.07 Å². The van der Waals surface area contributed by atoms with Crippen molar-refractivity contribution >= 4 is 33.9 Å². The van der Waals surface area contributed by atoms with Gasteiger partial charge in [0, 0.05) is 16.8 Å². The second-order valence-corrected chi connectivity index (χ2v) is 5.02. The zero-order valence-corrected chi connectivity index (χ0v) is 12.6. The van der Waals surface area contributed by atoms with Crippen molar-refractivity contribution in [3.63, 3.8) is 0 Å². The van der Waals surface area contributed by atoms with Crippen LogP contribution in [0.1, 0.15) is 20.7 Å². The van der Waals surface area contributed by atoms with Gasteiger partial charge < -0.3 is 19.0 Å². The molecule has 4 rings (SSSR count). The van der Waals surface area contributed by atoms with Crippen LogP contribution in [0.4, 0.5) is 4.39 Å². The second-order valence-electron chi connectivity index (χ2n) is 5.02. The molecule has 7 heteroatoms. The highest BCUT2D eigenvalue weighted by molar-refractivity contribution is 6.02. The van der Waals surface area contributed by atoms with Gasteiger partial charge in [-0.25, -0.2) is 9.59 Å². The summed E-state index contributed by atoms with van der Waals surface area (Å²) in [6, 6.07) is 11.3. The van der Waals surface area contributed by atoms with Crippen molar-refractivity contribution in [2.75, 3.05) is 0 Å². The summed E-state index contributed by atoms with van der Waals surface area (Å²) in [5.74, 6) is -2.02. The Morgan fingerprint density at radius 3 is 2.08 bits per heavy atom. The number of benzene rings is 2. The first-order valence-corrected chi connectivity index (χ1v) is 7.08. The summed E-state index contributed by atoms with van der Waals surface area (Å²) in [5, 5.41) is 18.4. The smallest absolute Gasteiger partial charge is 0.336 e. The van der Waals surface area contributed by atoms with Gasteiger partial charge >= 0.3 is 11.9 Å². The molecule has 0 aliphatic rings. The average Bonchev–Trinajstić information content (AvgIpc) is 3.19. The summed E-state index contributed by atoms with van der Waals surface area (Å²) >= 11 is 0. The molecule has 0 radical (unpaired) electrons. The third kappa shape index (κ3) is 3.20. The molecule has 0 bridgehead atoms. The minimum atomic E-state index is -1.09. The summed E-state index contributed by atoms with van der Waals surface area (Å²) in [7, 11) is 0. The molecule has 2 aromatic heterocycles. The monoisotopic (exact) mass is 342 g/mol. The van der Waals surface area contributed by atoms with Crippen molar-refractivity contribution in [2.24, 2.45) is 0 Å². The number of hydrogen-bond donors (Lipinski definition) is 2. The van der Waals surface area contributed by atoms with Gasteiger partial charge in [0.15, 0.2) is 0 Å². The molecule has 2 aromatic carbocycles. The van der Waals surface area contributed by atoms with Crippen LogP contribution in [0.3, 0.4) is 0 Å². The number of furan rings is 2. The van der Waals surface area contributed by atoms with Crippen LogP contribution < -0.4 is 0 Å². The van der Waals surface area contributed by atoms with E-state index in [-0.39, 0.29) is 22.1 Å². The van der Waals surface area contributed by atoms with E-state index in [4.69, 9.17) is 14.6 Å². The summed E-state index contributed by atoms with van der Waals surface area (Å²) < 4.78 is 22.3. The lowest BCUT2D eigenvalue weighted by atomic mass is 10.1. The highest BCUT2D eigenvalue weighted by Crippen LogP contribution is 2.22. The van der Waals surface area contributed by atoms with Crippen LogP contribution in [0, 0.1) is 6.01 Å². The predicted octanol–water partition coefficient (Wildman–Crippen LogP) is 4.40. The van der Waals surface area contributed by atoms with Crippen LogP contribution >= 0.6 is 0 Å². The summed E-state index contributed by atoms with van der Waals surface area (Å²) in [6.07, 6.45) is 1.48. The lowest BCUT2D eigenvalue weighted by Crippen LogP contribution is -1.95. The van der Waals surface area contributed by atoms with E-state index >= 15 is 0 Å². The van der Waals surface area contributed by atoms with Crippen molar-refractivity contribution in [2.45, 2.75) is 0 Å². The molecule has 2 heterocycles. The number of rotatable bonds is 2. The van der Waals surface area contributed by atoms with Crippen LogP contribution in [0.25, 0.3) is 21.9 Å². The maximum absolute atomic E-state index is 12.6. The SMILES string of the molecule is O=C(O)c1cccc2oc(F)cc12.O=C(O)c1cccc2occc12. The molecule has 0 fully saturated rings. The molecule has 2 N–H and O–H groups in total. The van der Waals surface area contributed by atoms with Crippen molar-refractivity contribution in [3.8, 4) is 0 Å². The summed E-state index contributed by atoms with van der Waals surface area (Å²) in [4.78, 5) is 21.3. The first kappa shape index (κ1) is 16.3. The Morgan fingerprint density at radius 1 is 0.840 bits per heavy atom. The minimum absolute atomic E-state index is 0.0464. The van der Waals surface area contributed by atoms with E-state index in [1.807, 2.05) is 0 Å². The lowest BCUT2D eigenvalue weighted by Gasteiger charge is -1.93. The number of carboxylic acids is 2. The Bertz CT molecular complexity index is 1080. The van der Waals surface area contributed by atoms with E-state index < -0.39 is 18.0 Å². The maximum Gasteiger partial charge on any atom is 0.336 e. The number of aromatic carboxylic acids is 2. The molecule has 0 amide bonds. The molecule has 0 spiro atoms. The largest absolute Gasteiger partial charge is 0.478 e. The molecule has 0 aliphatic heterocycles. The molecule has 0 aliphatic carbocycles. The fraction of sp³-hybridized carbons (Fsp3) is 0. The Morgan fingerprint density at radius 2 is 1.44 bits per heavy atom. The van der Waals surface area contributed by atoms with Crippen LogP contribution in [0.5, 0.6) is 0 Å². The average molecular weight is 342 g/mol. The van der Waals surface area contributed by atoms with Gasteiger partial charge in [-0.05, 0) is 30.3 Å². The molecule has 6 nitrogen and oxygen atoms in total. The minimum Gasteiger partial charge on any atom is -0.478 e. The lowest BCUT2D eigenvalue weighted by molar-refractivity contribution is 0.0688. The normalized spacial score (nSPS) is 10.4.